The highest BCUT2D eigenvalue weighted by molar-refractivity contribution is 5.33. The molecule has 2 aliphatic rings. The van der Waals surface area contributed by atoms with Gasteiger partial charge in [0.1, 0.15) is 11.8 Å². The summed E-state index contributed by atoms with van der Waals surface area (Å²) in [6.45, 7) is 12.1. The largest absolute Gasteiger partial charge is 0.361 e. The molecule has 2 atom stereocenters. The highest BCUT2D eigenvalue weighted by Crippen LogP contribution is 2.64. The lowest BCUT2D eigenvalue weighted by Gasteiger charge is -2.66. The maximum absolute atomic E-state index is 14.5. The second-order valence-electron chi connectivity index (χ2n) is 6.55. The van der Waals surface area contributed by atoms with Crippen LogP contribution in [0.3, 0.4) is 0 Å². The van der Waals surface area contributed by atoms with E-state index in [9.17, 15) is 4.39 Å². The van der Waals surface area contributed by atoms with Gasteiger partial charge in [-0.3, -0.25) is 0 Å². The van der Waals surface area contributed by atoms with Crippen LogP contribution in [0.25, 0.3) is 0 Å². The Hall–Kier alpha value is -0.370. The minimum Gasteiger partial charge on any atom is -0.361 e. The number of alkyl halides is 1. The summed E-state index contributed by atoms with van der Waals surface area (Å²) in [5.41, 5.74) is -1.53. The summed E-state index contributed by atoms with van der Waals surface area (Å²) in [7, 11) is 0. The molecule has 2 unspecified atom stereocenters. The van der Waals surface area contributed by atoms with E-state index in [-0.39, 0.29) is 11.0 Å². The van der Waals surface area contributed by atoms with Crippen molar-refractivity contribution in [2.24, 2.45) is 10.8 Å². The number of allylic oxidation sites excluding steroid dienone is 1. The second kappa shape index (κ2) is 2.48. The third-order valence-electron chi connectivity index (χ3n) is 4.70. The maximum atomic E-state index is 14.5. The van der Waals surface area contributed by atoms with Crippen molar-refractivity contribution in [3.8, 4) is 0 Å². The van der Waals surface area contributed by atoms with Crippen LogP contribution in [0.15, 0.2) is 12.2 Å². The van der Waals surface area contributed by atoms with Crippen LogP contribution in [0, 0.1) is 10.8 Å². The third kappa shape index (κ3) is 1.01. The van der Waals surface area contributed by atoms with Gasteiger partial charge in [0.05, 0.1) is 5.60 Å². The normalized spacial score (nSPS) is 44.3. The lowest BCUT2D eigenvalue weighted by molar-refractivity contribution is -0.354. The Kier molecular flexibility index (Phi) is 1.84. The Balaban J connectivity index is 2.39. The van der Waals surface area contributed by atoms with Crippen molar-refractivity contribution in [2.45, 2.75) is 58.9 Å². The van der Waals surface area contributed by atoms with Gasteiger partial charge in [-0.15, -0.1) is 0 Å². The van der Waals surface area contributed by atoms with Crippen LogP contribution in [0.1, 0.15) is 41.5 Å². The van der Waals surface area contributed by atoms with E-state index < -0.39 is 17.2 Å². The predicted octanol–water partition coefficient (Wildman–Crippen LogP) is 3.49. The van der Waals surface area contributed by atoms with Gasteiger partial charge in [-0.05, 0) is 13.8 Å². The Morgan fingerprint density at radius 3 is 1.80 bits per heavy atom. The number of rotatable bonds is 0. The van der Waals surface area contributed by atoms with E-state index in [0.29, 0.717) is 0 Å². The summed E-state index contributed by atoms with van der Waals surface area (Å²) in [6.07, 6.45) is 2.94. The number of hydrogen-bond acceptors (Lipinski definition) is 1. The highest BCUT2D eigenvalue weighted by atomic mass is 19.1. The van der Waals surface area contributed by atoms with Gasteiger partial charge >= 0.3 is 0 Å². The van der Waals surface area contributed by atoms with Gasteiger partial charge in [0, 0.05) is 10.8 Å². The number of ether oxygens (including phenoxy) is 1. The van der Waals surface area contributed by atoms with Crippen LogP contribution >= 0.6 is 0 Å². The summed E-state index contributed by atoms with van der Waals surface area (Å²) >= 11 is 0. The van der Waals surface area contributed by atoms with Crippen molar-refractivity contribution < 1.29 is 9.13 Å². The Morgan fingerprint density at radius 1 is 1.00 bits per heavy atom. The lowest BCUT2D eigenvalue weighted by atomic mass is 9.57. The lowest BCUT2D eigenvalue weighted by Crippen LogP contribution is -2.74. The molecule has 0 aromatic rings. The molecule has 0 radical (unpaired) electrons. The van der Waals surface area contributed by atoms with E-state index in [1.54, 1.807) is 0 Å². The van der Waals surface area contributed by atoms with Crippen LogP contribution in [-0.4, -0.2) is 17.4 Å². The van der Waals surface area contributed by atoms with Crippen molar-refractivity contribution >= 4 is 0 Å². The van der Waals surface area contributed by atoms with Crippen LogP contribution < -0.4 is 0 Å². The molecule has 1 nitrogen and oxygen atoms in total. The van der Waals surface area contributed by atoms with Crippen LogP contribution in [0.5, 0.6) is 0 Å². The van der Waals surface area contributed by atoms with Gasteiger partial charge in [-0.25, -0.2) is 4.39 Å². The van der Waals surface area contributed by atoms with Crippen molar-refractivity contribution in [1.82, 2.24) is 0 Å². The monoisotopic (exact) mass is 212 g/mol. The van der Waals surface area contributed by atoms with E-state index in [0.717, 1.165) is 0 Å². The van der Waals surface area contributed by atoms with Gasteiger partial charge < -0.3 is 4.74 Å². The van der Waals surface area contributed by atoms with Gasteiger partial charge in [0.25, 0.3) is 0 Å². The highest BCUT2D eigenvalue weighted by Gasteiger charge is 2.72. The van der Waals surface area contributed by atoms with E-state index in [2.05, 4.69) is 13.8 Å². The number of halogens is 1. The summed E-state index contributed by atoms with van der Waals surface area (Å²) < 4.78 is 20.3. The summed E-state index contributed by atoms with van der Waals surface area (Å²) in [4.78, 5) is 0. The molecule has 1 aliphatic heterocycles. The predicted molar refractivity (Wildman–Crippen MR) is 59.5 cm³/mol. The van der Waals surface area contributed by atoms with Gasteiger partial charge in [-0.1, -0.05) is 39.8 Å². The molecule has 0 amide bonds. The molecule has 1 heterocycles. The molecule has 0 bridgehead atoms. The molecule has 2 heteroatoms. The minimum absolute atomic E-state index is 0.163. The first-order chi connectivity index (χ1) is 6.57. The van der Waals surface area contributed by atoms with Gasteiger partial charge in [0.2, 0.25) is 0 Å². The topological polar surface area (TPSA) is 9.23 Å². The summed E-state index contributed by atoms with van der Waals surface area (Å²) in [5.74, 6) is 0. The molecule has 2 rings (SSSR count). The van der Waals surface area contributed by atoms with Gasteiger partial charge in [-0.2, -0.15) is 0 Å². The van der Waals surface area contributed by atoms with Crippen molar-refractivity contribution in [3.05, 3.63) is 12.2 Å². The second-order valence-corrected chi connectivity index (χ2v) is 6.55. The number of hydrogen-bond donors (Lipinski definition) is 0. The van der Waals surface area contributed by atoms with Crippen LogP contribution in [-0.2, 0) is 4.74 Å². The van der Waals surface area contributed by atoms with E-state index in [1.165, 1.54) is 0 Å². The molecule has 15 heavy (non-hydrogen) atoms. The zero-order valence-corrected chi connectivity index (χ0v) is 10.5. The van der Waals surface area contributed by atoms with E-state index in [4.69, 9.17) is 4.74 Å². The zero-order chi connectivity index (χ0) is 11.7. The Bertz CT molecular complexity index is 327. The molecule has 1 aliphatic carbocycles. The average Bonchev–Trinajstić information content (AvgIpc) is 2.30. The summed E-state index contributed by atoms with van der Waals surface area (Å²) in [5, 5.41) is 0. The quantitative estimate of drug-likeness (QED) is 0.558. The molecule has 0 N–H and O–H groups in total. The molecule has 1 saturated heterocycles. The fourth-order valence-corrected chi connectivity index (χ4v) is 2.77. The Morgan fingerprint density at radius 2 is 1.53 bits per heavy atom. The summed E-state index contributed by atoms with van der Waals surface area (Å²) in [6, 6.07) is 0. The third-order valence-corrected chi connectivity index (χ3v) is 4.70. The van der Waals surface area contributed by atoms with Crippen molar-refractivity contribution in [2.75, 3.05) is 0 Å². The molecule has 1 fully saturated rings. The van der Waals surface area contributed by atoms with Crippen LogP contribution in [0.4, 0.5) is 4.39 Å². The molecule has 0 aromatic heterocycles. The first-order valence-corrected chi connectivity index (χ1v) is 5.61. The van der Waals surface area contributed by atoms with E-state index in [1.807, 2.05) is 39.8 Å². The fourth-order valence-electron chi connectivity index (χ4n) is 2.77. The average molecular weight is 212 g/mol. The molecule has 1 spiro atoms. The zero-order valence-electron chi connectivity index (χ0n) is 10.5. The fraction of sp³-hybridized carbons (Fsp3) is 0.846. The first kappa shape index (κ1) is 11.1. The maximum Gasteiger partial charge on any atom is 0.142 e. The van der Waals surface area contributed by atoms with Gasteiger partial charge in [0.15, 0.2) is 0 Å². The van der Waals surface area contributed by atoms with Crippen LogP contribution in [0.2, 0.25) is 0 Å². The minimum atomic E-state index is -0.951. The standard InChI is InChI=1S/C13H21FO/c1-10(2)7-8-13(9(10)14)11(3,4)12(5,6)15-13/h7-9H,1-6H3. The molecule has 86 valence electrons. The van der Waals surface area contributed by atoms with Crippen molar-refractivity contribution in [1.29, 1.82) is 0 Å². The molecular weight excluding hydrogens is 191 g/mol. The molecule has 0 aromatic carbocycles. The molecular formula is C13H21FO. The molecule has 0 saturated carbocycles. The Labute approximate surface area is 91.7 Å². The first-order valence-electron chi connectivity index (χ1n) is 5.61. The van der Waals surface area contributed by atoms with Crippen molar-refractivity contribution in [3.63, 3.8) is 0 Å². The SMILES string of the molecule is CC1(C)C=CC2(OC(C)(C)C2(C)C)C1F. The van der Waals surface area contributed by atoms with E-state index >= 15 is 0 Å². The smallest absolute Gasteiger partial charge is 0.142 e.